The number of hydrogen-bond donors (Lipinski definition) is 3. The maximum absolute atomic E-state index is 12.8. The van der Waals surface area contributed by atoms with Gasteiger partial charge in [0, 0.05) is 22.3 Å². The summed E-state index contributed by atoms with van der Waals surface area (Å²) in [5, 5.41) is 25.6. The van der Waals surface area contributed by atoms with Gasteiger partial charge in [-0.3, -0.25) is 14.4 Å². The topological polar surface area (TPSA) is 165 Å². The average Bonchev–Trinajstić information content (AvgIpc) is 3.36. The zero-order valence-electron chi connectivity index (χ0n) is 20.7. The predicted molar refractivity (Wildman–Crippen MR) is 138 cm³/mol. The van der Waals surface area contributed by atoms with Crippen LogP contribution >= 0.6 is 11.6 Å². The van der Waals surface area contributed by atoms with Gasteiger partial charge in [0.1, 0.15) is 18.0 Å². The van der Waals surface area contributed by atoms with Crippen molar-refractivity contribution in [3.63, 3.8) is 0 Å². The van der Waals surface area contributed by atoms with Gasteiger partial charge >= 0.3 is 11.9 Å². The molecule has 1 aromatic heterocycles. The van der Waals surface area contributed by atoms with Gasteiger partial charge in [0.05, 0.1) is 17.7 Å². The van der Waals surface area contributed by atoms with Gasteiger partial charge in [0.25, 0.3) is 0 Å². The zero-order chi connectivity index (χ0) is 27.9. The molecule has 0 unspecified atom stereocenters. The van der Waals surface area contributed by atoms with Crippen LogP contribution in [0.5, 0.6) is 0 Å². The van der Waals surface area contributed by atoms with E-state index in [0.717, 1.165) is 6.08 Å². The van der Waals surface area contributed by atoms with Crippen molar-refractivity contribution in [3.05, 3.63) is 71.0 Å². The van der Waals surface area contributed by atoms with Crippen molar-refractivity contribution in [2.24, 2.45) is 0 Å². The molecule has 0 saturated heterocycles. The van der Waals surface area contributed by atoms with Crippen molar-refractivity contribution in [3.8, 4) is 5.69 Å². The first-order valence-electron chi connectivity index (χ1n) is 11.3. The first-order chi connectivity index (χ1) is 17.9. The Balaban J connectivity index is 1.69. The summed E-state index contributed by atoms with van der Waals surface area (Å²) in [6.45, 7) is 5.23. The molecule has 3 aromatic rings. The van der Waals surface area contributed by atoms with E-state index in [1.165, 1.54) is 41.4 Å². The van der Waals surface area contributed by atoms with Gasteiger partial charge in [0.15, 0.2) is 0 Å². The zero-order valence-corrected chi connectivity index (χ0v) is 21.5. The minimum atomic E-state index is -1.38. The summed E-state index contributed by atoms with van der Waals surface area (Å²) >= 11 is 6.07. The quantitative estimate of drug-likeness (QED) is 0.273. The number of carbonyl (C=O) groups is 4. The number of benzene rings is 2. The van der Waals surface area contributed by atoms with Crippen LogP contribution in [0, 0.1) is 0 Å². The van der Waals surface area contributed by atoms with Crippen LogP contribution in [-0.2, 0) is 19.1 Å². The summed E-state index contributed by atoms with van der Waals surface area (Å²) in [5.41, 5.74) is 0.957. The number of carboxylic acids is 1. The third-order valence-electron chi connectivity index (χ3n) is 4.80. The summed E-state index contributed by atoms with van der Waals surface area (Å²) < 4.78 is 6.67. The number of aliphatic carboxylic acids is 1. The molecule has 2 amide bonds. The largest absolute Gasteiger partial charge is 0.481 e. The third kappa shape index (κ3) is 8.23. The van der Waals surface area contributed by atoms with Gasteiger partial charge in [0.2, 0.25) is 11.8 Å². The van der Waals surface area contributed by atoms with E-state index in [2.05, 4.69) is 26.2 Å². The van der Waals surface area contributed by atoms with Gasteiger partial charge in [-0.2, -0.15) is 4.68 Å². The van der Waals surface area contributed by atoms with Crippen molar-refractivity contribution < 1.29 is 29.0 Å². The number of rotatable bonds is 9. The third-order valence-corrected chi connectivity index (χ3v) is 5.03. The molecular formula is C25H25ClN6O6. The Morgan fingerprint density at radius 2 is 1.84 bits per heavy atom. The van der Waals surface area contributed by atoms with Gasteiger partial charge in [-0.05, 0) is 79.7 Å². The Bertz CT molecular complexity index is 1350. The second kappa shape index (κ2) is 12.1. The number of anilines is 1. The van der Waals surface area contributed by atoms with Crippen molar-refractivity contribution in [1.29, 1.82) is 0 Å². The molecule has 3 rings (SSSR count). The van der Waals surface area contributed by atoms with Crippen molar-refractivity contribution in [2.75, 3.05) is 5.32 Å². The highest BCUT2D eigenvalue weighted by atomic mass is 35.5. The van der Waals surface area contributed by atoms with Gasteiger partial charge in [-0.25, -0.2) is 4.79 Å². The Labute approximate surface area is 222 Å². The fourth-order valence-corrected chi connectivity index (χ4v) is 3.34. The van der Waals surface area contributed by atoms with E-state index in [0.29, 0.717) is 22.0 Å². The molecule has 0 spiro atoms. The lowest BCUT2D eigenvalue weighted by Gasteiger charge is -2.19. The molecule has 12 nitrogen and oxygen atoms in total. The minimum Gasteiger partial charge on any atom is -0.481 e. The van der Waals surface area contributed by atoms with Crippen molar-refractivity contribution in [2.45, 2.75) is 38.8 Å². The fraction of sp³-hybridized carbons (Fsp3) is 0.240. The Morgan fingerprint density at radius 1 is 1.13 bits per heavy atom. The molecule has 0 aliphatic heterocycles. The Hall–Kier alpha value is -4.58. The number of tetrazole rings is 1. The van der Waals surface area contributed by atoms with E-state index >= 15 is 0 Å². The molecule has 0 aliphatic carbocycles. The number of amides is 2. The lowest BCUT2D eigenvalue weighted by Crippen LogP contribution is -2.44. The molecule has 0 saturated carbocycles. The maximum Gasteiger partial charge on any atom is 0.338 e. The number of ether oxygens (including phenoxy) is 1. The highest BCUT2D eigenvalue weighted by Gasteiger charge is 2.24. The Kier molecular flexibility index (Phi) is 8.92. The number of esters is 1. The number of aromatic nitrogens is 4. The van der Waals surface area contributed by atoms with Crippen LogP contribution in [-0.4, -0.2) is 60.7 Å². The van der Waals surface area contributed by atoms with Gasteiger partial charge in [-0.15, -0.1) is 5.10 Å². The monoisotopic (exact) mass is 540 g/mol. The molecular weight excluding hydrogens is 516 g/mol. The van der Waals surface area contributed by atoms with E-state index in [9.17, 15) is 24.3 Å². The van der Waals surface area contributed by atoms with Crippen LogP contribution < -0.4 is 10.6 Å². The second-order valence-corrected chi connectivity index (χ2v) is 9.45. The molecule has 38 heavy (non-hydrogen) atoms. The molecule has 0 fully saturated rings. The summed E-state index contributed by atoms with van der Waals surface area (Å²) in [6, 6.07) is 9.36. The number of halogens is 1. The van der Waals surface area contributed by atoms with Crippen molar-refractivity contribution >= 4 is 47.1 Å². The fourth-order valence-electron chi connectivity index (χ4n) is 3.16. The van der Waals surface area contributed by atoms with Crippen molar-refractivity contribution in [1.82, 2.24) is 25.5 Å². The molecule has 0 bridgehead atoms. The molecule has 1 heterocycles. The molecule has 0 aliphatic rings. The average molecular weight is 541 g/mol. The van der Waals surface area contributed by atoms with Crippen LogP contribution in [0.3, 0.4) is 0 Å². The number of carbonyl (C=O) groups excluding carboxylic acids is 3. The van der Waals surface area contributed by atoms with Gasteiger partial charge in [-0.1, -0.05) is 11.6 Å². The highest BCUT2D eigenvalue weighted by Crippen LogP contribution is 2.20. The number of nitrogens with zero attached hydrogens (tertiary/aromatic N) is 4. The molecule has 2 aromatic carbocycles. The maximum atomic E-state index is 12.8. The first-order valence-corrected chi connectivity index (χ1v) is 11.7. The van der Waals surface area contributed by atoms with E-state index < -0.39 is 41.8 Å². The predicted octanol–water partition coefficient (Wildman–Crippen LogP) is 2.88. The van der Waals surface area contributed by atoms with E-state index in [4.69, 9.17) is 16.3 Å². The molecule has 3 N–H and O–H groups in total. The second-order valence-electron chi connectivity index (χ2n) is 9.02. The summed E-state index contributed by atoms with van der Waals surface area (Å²) in [5.74, 6) is -3.28. The summed E-state index contributed by atoms with van der Waals surface area (Å²) in [6.07, 6.45) is 3.28. The van der Waals surface area contributed by atoms with Crippen LogP contribution in [0.2, 0.25) is 5.02 Å². The van der Waals surface area contributed by atoms with E-state index in [1.807, 2.05) is 0 Å². The van der Waals surface area contributed by atoms with Crippen LogP contribution in [0.1, 0.15) is 43.1 Å². The van der Waals surface area contributed by atoms with Crippen LogP contribution in [0.15, 0.2) is 54.9 Å². The molecule has 0 radical (unpaired) electrons. The molecule has 198 valence electrons. The SMILES string of the molecule is CC(C)(C)OC(=O)c1ccc(NC(=O)[C@H](CC(=O)O)NC(=O)C=Cc2cc(Cl)ccc2-n2cnnn2)cc1. The first kappa shape index (κ1) is 28.0. The number of carboxylic acid groups (broad SMARTS) is 1. The van der Waals surface area contributed by atoms with Gasteiger partial charge < -0.3 is 20.5 Å². The normalized spacial score (nSPS) is 12.1. The highest BCUT2D eigenvalue weighted by molar-refractivity contribution is 6.30. The number of hydrogen-bond acceptors (Lipinski definition) is 8. The summed E-state index contributed by atoms with van der Waals surface area (Å²) in [7, 11) is 0. The van der Waals surface area contributed by atoms with Crippen LogP contribution in [0.25, 0.3) is 11.8 Å². The standard InChI is InChI=1S/C25H25ClN6O6/c1-25(2,3)38-24(37)15-4-8-18(9-5-15)28-23(36)19(13-22(34)35)29-21(33)11-6-16-12-17(26)7-10-20(16)32-14-27-30-31-32/h4-12,14,19H,13H2,1-3H3,(H,28,36)(H,29,33)(H,34,35)/t19-/m0/s1. The van der Waals surface area contributed by atoms with E-state index in [-0.39, 0.29) is 5.56 Å². The minimum absolute atomic E-state index is 0.278. The lowest BCUT2D eigenvalue weighted by atomic mass is 10.1. The van der Waals surface area contributed by atoms with E-state index in [1.54, 1.807) is 39.0 Å². The number of nitrogens with one attached hydrogen (secondary N) is 2. The van der Waals surface area contributed by atoms with Crippen LogP contribution in [0.4, 0.5) is 5.69 Å². The molecule has 1 atom stereocenters. The Morgan fingerprint density at radius 3 is 2.45 bits per heavy atom. The summed E-state index contributed by atoms with van der Waals surface area (Å²) in [4.78, 5) is 48.9. The smallest absolute Gasteiger partial charge is 0.338 e. The lowest BCUT2D eigenvalue weighted by molar-refractivity contribution is -0.139. The molecule has 13 heteroatoms.